The molecule has 0 unspecified atom stereocenters. The molecule has 3 heterocycles. The molecule has 3 aromatic heterocycles. The van der Waals surface area contributed by atoms with Gasteiger partial charge in [0.05, 0.1) is 15.1 Å². The van der Waals surface area contributed by atoms with Crippen LogP contribution in [0.4, 0.5) is 0 Å². The number of fused-ring (bicyclic) bond motifs is 6. The lowest BCUT2D eigenvalue weighted by atomic mass is 9.95. The van der Waals surface area contributed by atoms with Crippen molar-refractivity contribution in [2.75, 3.05) is 0 Å². The van der Waals surface area contributed by atoms with Crippen molar-refractivity contribution >= 4 is 63.0 Å². The highest BCUT2D eigenvalue weighted by molar-refractivity contribution is 7.26. The van der Waals surface area contributed by atoms with E-state index in [-0.39, 0.29) is 61.0 Å². The molecule has 0 saturated carbocycles. The quantitative estimate of drug-likeness (QED) is 0.181. The van der Waals surface area contributed by atoms with Crippen LogP contribution in [0, 0.1) is 0 Å². The van der Waals surface area contributed by atoms with Gasteiger partial charge in [0.25, 0.3) is 0 Å². The SMILES string of the molecule is [2H]c1c([2H])c([2H])c(-c2c([2H])c(-c3cccc4c3sc3cc(-c5nc(-c6ccccc6)nc(-c6ccccc6)n5)ccc34)c([2H])c3c2sc2c([2H])c([2H])c([2H])c([2H])c23)c([2H])c1[2H]. The highest BCUT2D eigenvalue weighted by Gasteiger charge is 2.18. The van der Waals surface area contributed by atoms with Crippen molar-refractivity contribution in [2.24, 2.45) is 0 Å². The van der Waals surface area contributed by atoms with Gasteiger partial charge in [-0.2, -0.15) is 0 Å². The van der Waals surface area contributed by atoms with E-state index in [0.717, 1.165) is 48.2 Å². The molecule has 0 bridgehead atoms. The molecule has 0 amide bonds. The van der Waals surface area contributed by atoms with Crippen molar-refractivity contribution in [2.45, 2.75) is 0 Å². The topological polar surface area (TPSA) is 38.7 Å². The summed E-state index contributed by atoms with van der Waals surface area (Å²) in [4.78, 5) is 14.6. The minimum absolute atomic E-state index is 0.0465. The fraction of sp³-hybridized carbons (Fsp3) is 0. The van der Waals surface area contributed by atoms with Crippen LogP contribution in [0.3, 0.4) is 0 Å². The minimum atomic E-state index is -0.603. The minimum Gasteiger partial charge on any atom is -0.208 e. The zero-order valence-corrected chi connectivity index (χ0v) is 27.5. The van der Waals surface area contributed by atoms with Gasteiger partial charge in [0, 0.05) is 62.6 Å². The van der Waals surface area contributed by atoms with E-state index in [1.807, 2.05) is 91.0 Å². The number of hydrogen-bond acceptors (Lipinski definition) is 5. The monoisotopic (exact) mass is 684 g/mol. The predicted octanol–water partition coefficient (Wildman–Crippen LogP) is 12.9. The zero-order chi connectivity index (χ0) is 42.6. The number of rotatable bonds is 5. The molecule has 10 rings (SSSR count). The highest BCUT2D eigenvalue weighted by atomic mass is 32.1. The third-order valence-electron chi connectivity index (χ3n) is 8.54. The predicted molar refractivity (Wildman–Crippen MR) is 213 cm³/mol. The Bertz CT molecular complexity index is 3410. The van der Waals surface area contributed by atoms with E-state index in [1.165, 1.54) is 11.3 Å². The smallest absolute Gasteiger partial charge is 0.164 e. The first-order valence-electron chi connectivity index (χ1n) is 21.2. The molecule has 10 aromatic rings. The van der Waals surface area contributed by atoms with Crippen LogP contribution in [0.25, 0.3) is 96.8 Å². The van der Waals surface area contributed by atoms with Crippen LogP contribution in [-0.4, -0.2) is 15.0 Å². The van der Waals surface area contributed by atoms with Gasteiger partial charge in [-0.25, -0.2) is 15.0 Å². The normalized spacial score (nSPS) is 14.7. The van der Waals surface area contributed by atoms with E-state index in [4.69, 9.17) is 27.3 Å². The lowest BCUT2D eigenvalue weighted by molar-refractivity contribution is 1.07. The Hall–Kier alpha value is -6.01. The first-order valence-corrected chi connectivity index (χ1v) is 17.3. The van der Waals surface area contributed by atoms with Gasteiger partial charge < -0.3 is 0 Å². The molecule has 234 valence electrons. The molecule has 0 aliphatic rings. The van der Waals surface area contributed by atoms with Gasteiger partial charge in [0.1, 0.15) is 0 Å². The molecule has 0 aliphatic carbocycles. The van der Waals surface area contributed by atoms with Gasteiger partial charge in [-0.1, -0.05) is 139 Å². The number of benzene rings is 7. The number of nitrogens with zero attached hydrogens (tertiary/aromatic N) is 3. The average Bonchev–Trinajstić information content (AvgIpc) is 3.88. The van der Waals surface area contributed by atoms with Gasteiger partial charge in [-0.15, -0.1) is 22.7 Å². The first kappa shape index (κ1) is 19.9. The van der Waals surface area contributed by atoms with E-state index < -0.39 is 42.3 Å². The van der Waals surface area contributed by atoms with Gasteiger partial charge >= 0.3 is 0 Å². The summed E-state index contributed by atoms with van der Waals surface area (Å²) >= 11 is 2.35. The molecule has 0 fully saturated rings. The summed E-state index contributed by atoms with van der Waals surface area (Å²) in [5.41, 5.74) is 2.68. The molecule has 0 radical (unpaired) electrons. The molecule has 0 N–H and O–H groups in total. The Labute approximate surface area is 312 Å². The van der Waals surface area contributed by atoms with Crippen LogP contribution < -0.4 is 0 Å². The fourth-order valence-corrected chi connectivity index (χ4v) is 8.54. The first-order chi connectivity index (χ1) is 29.3. The maximum absolute atomic E-state index is 9.80. The maximum Gasteiger partial charge on any atom is 0.164 e. The fourth-order valence-electron chi connectivity index (χ4n) is 6.21. The largest absolute Gasteiger partial charge is 0.208 e. The Kier molecular flexibility index (Phi) is 4.70. The van der Waals surface area contributed by atoms with E-state index >= 15 is 0 Å². The summed E-state index contributed by atoms with van der Waals surface area (Å²) in [6, 6.07) is 25.8. The Balaban J connectivity index is 1.25. The second-order valence-corrected chi connectivity index (χ2v) is 13.6. The third kappa shape index (κ3) is 4.90. The summed E-state index contributed by atoms with van der Waals surface area (Å²) in [6.07, 6.45) is 0. The lowest BCUT2D eigenvalue weighted by Gasteiger charge is -2.10. The molecular weight excluding hydrogens is 647 g/mol. The Morgan fingerprint density at radius 3 is 1.78 bits per heavy atom. The van der Waals surface area contributed by atoms with Crippen molar-refractivity contribution in [1.29, 1.82) is 0 Å². The number of hydrogen-bond donors (Lipinski definition) is 0. The second-order valence-electron chi connectivity index (χ2n) is 11.5. The average molecular weight is 685 g/mol. The van der Waals surface area contributed by atoms with Crippen LogP contribution in [0.15, 0.2) is 164 Å². The Morgan fingerprint density at radius 2 is 1.04 bits per heavy atom. The molecule has 5 heteroatoms. The molecule has 0 saturated heterocycles. The van der Waals surface area contributed by atoms with E-state index in [0.29, 0.717) is 23.0 Å². The van der Waals surface area contributed by atoms with E-state index in [1.54, 1.807) is 6.07 Å². The van der Waals surface area contributed by atoms with Crippen molar-refractivity contribution in [3.05, 3.63) is 164 Å². The molecule has 0 aliphatic heterocycles. The number of aromatic nitrogens is 3. The highest BCUT2D eigenvalue weighted by Crippen LogP contribution is 2.46. The summed E-state index contributed by atoms with van der Waals surface area (Å²) in [6.45, 7) is 0. The molecule has 7 aromatic carbocycles. The van der Waals surface area contributed by atoms with Crippen molar-refractivity contribution in [1.82, 2.24) is 15.0 Å². The van der Waals surface area contributed by atoms with Crippen molar-refractivity contribution in [3.8, 4) is 56.4 Å². The summed E-state index contributed by atoms with van der Waals surface area (Å²) < 4.78 is 99.1. The summed E-state index contributed by atoms with van der Waals surface area (Å²) in [7, 11) is 0. The van der Waals surface area contributed by atoms with Crippen LogP contribution in [0.2, 0.25) is 0 Å². The molecular formula is C45H27N3S2. The second kappa shape index (κ2) is 11.8. The van der Waals surface area contributed by atoms with Crippen LogP contribution >= 0.6 is 22.7 Å². The summed E-state index contributed by atoms with van der Waals surface area (Å²) in [5.74, 6) is 1.51. The van der Waals surface area contributed by atoms with Crippen LogP contribution in [0.5, 0.6) is 0 Å². The molecule has 3 nitrogen and oxygen atoms in total. The zero-order valence-electron chi connectivity index (χ0n) is 36.9. The van der Waals surface area contributed by atoms with Gasteiger partial charge in [-0.05, 0) is 40.9 Å². The van der Waals surface area contributed by atoms with Crippen LogP contribution in [-0.2, 0) is 0 Å². The van der Waals surface area contributed by atoms with Gasteiger partial charge in [0.2, 0.25) is 0 Å². The lowest BCUT2D eigenvalue weighted by Crippen LogP contribution is -1.99. The molecule has 0 spiro atoms. The van der Waals surface area contributed by atoms with E-state index in [9.17, 15) is 2.74 Å². The van der Waals surface area contributed by atoms with Crippen molar-refractivity contribution in [3.63, 3.8) is 0 Å². The van der Waals surface area contributed by atoms with Crippen LogP contribution in [0.1, 0.15) is 15.1 Å². The standard InChI is InChI=1S/C45H27N3S2/c1-4-13-28(14-5-1)37-25-32(26-38-34-19-10-11-22-39(34)49-42(37)38)33-20-12-21-36-35-24-23-31(27-40(35)50-41(33)36)45-47-43(29-15-6-2-7-16-29)46-44(48-45)30-17-8-3-9-18-30/h1-27H/i1D,4D,5D,10D,11D,13D,14D,19D,22D,25D,26D. The van der Waals surface area contributed by atoms with Gasteiger partial charge in [0.15, 0.2) is 17.5 Å². The summed E-state index contributed by atoms with van der Waals surface area (Å²) in [5, 5.41) is 1.90. The van der Waals surface area contributed by atoms with Gasteiger partial charge in [-0.3, -0.25) is 0 Å². The molecule has 50 heavy (non-hydrogen) atoms. The Morgan fingerprint density at radius 1 is 0.400 bits per heavy atom. The third-order valence-corrected chi connectivity index (χ3v) is 10.9. The number of thiophene rings is 2. The van der Waals surface area contributed by atoms with Crippen molar-refractivity contribution < 1.29 is 15.1 Å². The molecule has 0 atom stereocenters. The maximum atomic E-state index is 9.80. The van der Waals surface area contributed by atoms with E-state index in [2.05, 4.69) is 0 Å².